The second kappa shape index (κ2) is 5.72. The Hall–Kier alpha value is -0.500. The van der Waals surface area contributed by atoms with Crippen LogP contribution in [0.25, 0.3) is 0 Å². The molecule has 0 amide bonds. The molecule has 0 aliphatic carbocycles. The highest BCUT2D eigenvalue weighted by Gasteiger charge is 2.40. The summed E-state index contributed by atoms with van der Waals surface area (Å²) in [5, 5.41) is 45.2. The van der Waals surface area contributed by atoms with Crippen LogP contribution in [0.15, 0.2) is 12.2 Å². The second-order valence-corrected chi connectivity index (χ2v) is 3.92. The van der Waals surface area contributed by atoms with Gasteiger partial charge in [0.25, 0.3) is 0 Å². The van der Waals surface area contributed by atoms with Crippen LogP contribution >= 0.6 is 0 Å². The van der Waals surface area contributed by atoms with Crippen LogP contribution in [0.4, 0.5) is 0 Å². The Kier molecular flexibility index (Phi) is 4.85. The van der Waals surface area contributed by atoms with Gasteiger partial charge in [-0.2, -0.15) is 0 Å². The highest BCUT2D eigenvalue weighted by Crippen LogP contribution is 2.30. The zero-order valence-corrected chi connectivity index (χ0v) is 8.86. The Balaban J connectivity index is 2.54. The standard InChI is InChI=1S/C10H18O6/c1-5-7(2-3-8(13)14)16-10(9(5)15)6(12)4-11/h6-15H,1-4H2/t6-,7?,9+,10+/m1/s1. The molecular weight excluding hydrogens is 216 g/mol. The number of rotatable bonds is 5. The molecule has 16 heavy (non-hydrogen) atoms. The molecule has 1 rings (SSSR count). The van der Waals surface area contributed by atoms with Gasteiger partial charge in [0.2, 0.25) is 0 Å². The molecule has 6 heteroatoms. The van der Waals surface area contributed by atoms with E-state index in [1.165, 1.54) is 0 Å². The Morgan fingerprint density at radius 3 is 2.44 bits per heavy atom. The molecule has 0 aromatic heterocycles. The molecule has 0 saturated carbocycles. The summed E-state index contributed by atoms with van der Waals surface area (Å²) in [5.74, 6) is 0. The number of ether oxygens (including phenoxy) is 1. The van der Waals surface area contributed by atoms with E-state index in [1.54, 1.807) is 0 Å². The largest absolute Gasteiger partial charge is 0.394 e. The Labute approximate surface area is 93.4 Å². The third-order valence-corrected chi connectivity index (χ3v) is 2.68. The molecule has 5 N–H and O–H groups in total. The molecule has 1 saturated heterocycles. The van der Waals surface area contributed by atoms with Gasteiger partial charge in [-0.25, -0.2) is 0 Å². The van der Waals surface area contributed by atoms with Crippen LogP contribution < -0.4 is 0 Å². The van der Waals surface area contributed by atoms with E-state index in [9.17, 15) is 10.2 Å². The van der Waals surface area contributed by atoms with Crippen molar-refractivity contribution in [2.24, 2.45) is 0 Å². The number of aliphatic hydroxyl groups is 5. The van der Waals surface area contributed by atoms with Crippen molar-refractivity contribution in [2.45, 2.75) is 43.5 Å². The Bertz CT molecular complexity index is 241. The van der Waals surface area contributed by atoms with Gasteiger partial charge in [0.1, 0.15) is 18.3 Å². The van der Waals surface area contributed by atoms with Gasteiger partial charge in [-0.05, 0) is 12.0 Å². The molecule has 1 fully saturated rings. The first-order valence-corrected chi connectivity index (χ1v) is 5.14. The van der Waals surface area contributed by atoms with Crippen LogP contribution in [0.2, 0.25) is 0 Å². The van der Waals surface area contributed by atoms with Crippen molar-refractivity contribution in [2.75, 3.05) is 6.61 Å². The summed E-state index contributed by atoms with van der Waals surface area (Å²) in [6, 6.07) is 0. The number of aliphatic hydroxyl groups excluding tert-OH is 4. The fourth-order valence-corrected chi connectivity index (χ4v) is 1.71. The molecule has 1 aliphatic heterocycles. The molecule has 1 heterocycles. The van der Waals surface area contributed by atoms with Crippen molar-refractivity contribution in [1.82, 2.24) is 0 Å². The summed E-state index contributed by atoms with van der Waals surface area (Å²) in [5.41, 5.74) is 0.387. The van der Waals surface area contributed by atoms with Crippen molar-refractivity contribution in [3.05, 3.63) is 12.2 Å². The maximum absolute atomic E-state index is 9.67. The van der Waals surface area contributed by atoms with Gasteiger partial charge in [0.15, 0.2) is 6.29 Å². The number of hydrogen-bond donors (Lipinski definition) is 5. The lowest BCUT2D eigenvalue weighted by atomic mass is 10.0. The molecule has 0 bridgehead atoms. The van der Waals surface area contributed by atoms with Crippen molar-refractivity contribution < 1.29 is 30.3 Å². The van der Waals surface area contributed by atoms with E-state index < -0.39 is 37.3 Å². The van der Waals surface area contributed by atoms with Gasteiger partial charge in [-0.15, -0.1) is 0 Å². The fraction of sp³-hybridized carbons (Fsp3) is 0.800. The molecule has 0 aromatic carbocycles. The topological polar surface area (TPSA) is 110 Å². The molecule has 0 aromatic rings. The predicted octanol–water partition coefficient (Wildman–Crippen LogP) is -1.89. The van der Waals surface area contributed by atoms with Gasteiger partial charge in [0, 0.05) is 6.42 Å². The molecular formula is C10H18O6. The van der Waals surface area contributed by atoms with Crippen molar-refractivity contribution >= 4 is 0 Å². The average molecular weight is 234 g/mol. The zero-order chi connectivity index (χ0) is 12.3. The molecule has 0 spiro atoms. The summed E-state index contributed by atoms with van der Waals surface area (Å²) >= 11 is 0. The van der Waals surface area contributed by atoms with E-state index in [4.69, 9.17) is 20.1 Å². The maximum Gasteiger partial charge on any atom is 0.151 e. The summed E-state index contributed by atoms with van der Waals surface area (Å²) < 4.78 is 5.31. The van der Waals surface area contributed by atoms with Crippen LogP contribution in [0, 0.1) is 0 Å². The van der Waals surface area contributed by atoms with Gasteiger partial charge in [-0.1, -0.05) is 6.58 Å². The molecule has 0 radical (unpaired) electrons. The third kappa shape index (κ3) is 3.00. The molecule has 1 unspecified atom stereocenters. The van der Waals surface area contributed by atoms with E-state index in [0.717, 1.165) is 0 Å². The van der Waals surface area contributed by atoms with Crippen LogP contribution in [0.3, 0.4) is 0 Å². The van der Waals surface area contributed by atoms with Crippen LogP contribution in [0.5, 0.6) is 0 Å². The fourth-order valence-electron chi connectivity index (χ4n) is 1.71. The molecule has 94 valence electrons. The quantitative estimate of drug-likeness (QED) is 0.281. The smallest absolute Gasteiger partial charge is 0.151 e. The lowest BCUT2D eigenvalue weighted by Gasteiger charge is -2.18. The molecule has 1 aliphatic rings. The SMILES string of the molecule is C=C1C(CCC(O)O)O[C@@H]([C@H](O)CO)[C@H]1O. The summed E-state index contributed by atoms with van der Waals surface area (Å²) in [7, 11) is 0. The first-order valence-electron chi connectivity index (χ1n) is 5.14. The van der Waals surface area contributed by atoms with E-state index in [1.807, 2.05) is 0 Å². The monoisotopic (exact) mass is 234 g/mol. The minimum absolute atomic E-state index is 0.0956. The zero-order valence-electron chi connectivity index (χ0n) is 8.86. The lowest BCUT2D eigenvalue weighted by molar-refractivity contribution is -0.0909. The first kappa shape index (κ1) is 13.6. The summed E-state index contributed by atoms with van der Waals surface area (Å²) in [4.78, 5) is 0. The normalized spacial score (nSPS) is 32.4. The van der Waals surface area contributed by atoms with Crippen LogP contribution in [0.1, 0.15) is 12.8 Å². The van der Waals surface area contributed by atoms with Crippen LogP contribution in [-0.2, 0) is 4.74 Å². The van der Waals surface area contributed by atoms with Gasteiger partial charge < -0.3 is 30.3 Å². The summed E-state index contributed by atoms with van der Waals surface area (Å²) in [6.07, 6.45) is -4.68. The van der Waals surface area contributed by atoms with Crippen LogP contribution in [-0.4, -0.2) is 62.8 Å². The maximum atomic E-state index is 9.67. The van der Waals surface area contributed by atoms with Gasteiger partial charge in [-0.3, -0.25) is 0 Å². The van der Waals surface area contributed by atoms with Gasteiger partial charge >= 0.3 is 0 Å². The minimum atomic E-state index is -1.43. The van der Waals surface area contributed by atoms with Crippen molar-refractivity contribution in [1.29, 1.82) is 0 Å². The highest BCUT2D eigenvalue weighted by atomic mass is 16.5. The Morgan fingerprint density at radius 2 is 1.94 bits per heavy atom. The number of hydrogen-bond acceptors (Lipinski definition) is 6. The van der Waals surface area contributed by atoms with E-state index in [-0.39, 0.29) is 6.42 Å². The average Bonchev–Trinajstić information content (AvgIpc) is 2.52. The van der Waals surface area contributed by atoms with Crippen molar-refractivity contribution in [3.63, 3.8) is 0 Å². The first-order chi connectivity index (χ1) is 7.47. The summed E-state index contributed by atoms with van der Waals surface area (Å²) in [6.45, 7) is 3.12. The minimum Gasteiger partial charge on any atom is -0.394 e. The van der Waals surface area contributed by atoms with Crippen molar-refractivity contribution in [3.8, 4) is 0 Å². The Morgan fingerprint density at radius 1 is 1.31 bits per heavy atom. The van der Waals surface area contributed by atoms with Gasteiger partial charge in [0.05, 0.1) is 12.7 Å². The predicted molar refractivity (Wildman–Crippen MR) is 54.4 cm³/mol. The van der Waals surface area contributed by atoms with E-state index >= 15 is 0 Å². The molecule has 6 nitrogen and oxygen atoms in total. The third-order valence-electron chi connectivity index (χ3n) is 2.68. The van der Waals surface area contributed by atoms with E-state index in [2.05, 4.69) is 6.58 Å². The van der Waals surface area contributed by atoms with E-state index in [0.29, 0.717) is 12.0 Å². The molecule has 4 atom stereocenters. The lowest BCUT2D eigenvalue weighted by Crippen LogP contribution is -2.37. The second-order valence-electron chi connectivity index (χ2n) is 3.92. The highest BCUT2D eigenvalue weighted by molar-refractivity contribution is 5.17.